The molecule has 0 aliphatic carbocycles. The number of rotatable bonds is 6. The monoisotopic (exact) mass is 291 g/mol. The van der Waals surface area contributed by atoms with E-state index in [1.54, 1.807) is 0 Å². The molecule has 0 radical (unpaired) electrons. The zero-order chi connectivity index (χ0) is 12.6. The zero-order valence-corrected chi connectivity index (χ0v) is 11.6. The fourth-order valence-electron chi connectivity index (χ4n) is 0.980. The summed E-state index contributed by atoms with van der Waals surface area (Å²) < 4.78 is 7.77. The first-order chi connectivity index (χ1) is 7.39. The molecule has 0 rings (SSSR count). The van der Waals surface area contributed by atoms with Crippen LogP contribution in [0.25, 0.3) is 0 Å². The van der Waals surface area contributed by atoms with Crippen molar-refractivity contribution in [3.8, 4) is 0 Å². The van der Waals surface area contributed by atoms with Gasteiger partial charge >= 0.3 is 6.16 Å². The molecule has 0 fully saturated rings. The van der Waals surface area contributed by atoms with Crippen molar-refractivity contribution in [3.63, 3.8) is 0 Å². The average Bonchev–Trinajstić information content (AvgIpc) is 2.20. The van der Waals surface area contributed by atoms with Crippen molar-refractivity contribution >= 4 is 41.0 Å². The second kappa shape index (κ2) is 8.23. The third-order valence-electron chi connectivity index (χ3n) is 1.88. The molecule has 0 aliphatic heterocycles. The standard InChI is InChI=1S/C9H16Cl3NO3/c1-3-13(4-2)5-6-15-8(14)16-7-9(10,11)12/h3-7H2,1-2H3. The highest BCUT2D eigenvalue weighted by atomic mass is 35.6. The molecule has 0 aromatic heterocycles. The molecule has 0 heterocycles. The number of carbonyl (C=O) groups excluding carboxylic acids is 1. The van der Waals surface area contributed by atoms with Gasteiger partial charge in [0.25, 0.3) is 0 Å². The molecule has 4 nitrogen and oxygen atoms in total. The van der Waals surface area contributed by atoms with Gasteiger partial charge < -0.3 is 14.4 Å². The smallest absolute Gasteiger partial charge is 0.433 e. The third-order valence-corrected chi connectivity index (χ3v) is 2.20. The van der Waals surface area contributed by atoms with Crippen LogP contribution in [0, 0.1) is 0 Å². The van der Waals surface area contributed by atoms with E-state index in [1.165, 1.54) is 0 Å². The number of halogens is 3. The van der Waals surface area contributed by atoms with Gasteiger partial charge in [-0.1, -0.05) is 48.7 Å². The molecule has 7 heteroatoms. The summed E-state index contributed by atoms with van der Waals surface area (Å²) in [4.78, 5) is 13.1. The highest BCUT2D eigenvalue weighted by Gasteiger charge is 2.22. The van der Waals surface area contributed by atoms with E-state index in [-0.39, 0.29) is 13.2 Å². The fraction of sp³-hybridized carbons (Fsp3) is 0.889. The van der Waals surface area contributed by atoms with Crippen molar-refractivity contribution in [1.29, 1.82) is 0 Å². The highest BCUT2D eigenvalue weighted by molar-refractivity contribution is 6.67. The topological polar surface area (TPSA) is 38.8 Å². The number of nitrogens with zero attached hydrogens (tertiary/aromatic N) is 1. The van der Waals surface area contributed by atoms with Crippen molar-refractivity contribution in [2.45, 2.75) is 17.6 Å². The predicted molar refractivity (Wildman–Crippen MR) is 65.4 cm³/mol. The van der Waals surface area contributed by atoms with Gasteiger partial charge in [0.2, 0.25) is 3.79 Å². The molecule has 0 saturated carbocycles. The Morgan fingerprint density at radius 2 is 1.75 bits per heavy atom. The van der Waals surface area contributed by atoms with Crippen molar-refractivity contribution in [1.82, 2.24) is 4.90 Å². The number of hydrogen-bond donors (Lipinski definition) is 0. The number of alkyl halides is 3. The predicted octanol–water partition coefficient (Wildman–Crippen LogP) is 2.85. The molecular formula is C9H16Cl3NO3. The average molecular weight is 293 g/mol. The molecule has 0 bridgehead atoms. The summed E-state index contributed by atoms with van der Waals surface area (Å²) in [7, 11) is 0. The summed E-state index contributed by atoms with van der Waals surface area (Å²) in [5, 5.41) is 0. The van der Waals surface area contributed by atoms with Crippen LogP contribution in [0.1, 0.15) is 13.8 Å². The molecule has 0 aromatic rings. The van der Waals surface area contributed by atoms with Gasteiger partial charge in [0.05, 0.1) is 0 Å². The van der Waals surface area contributed by atoms with E-state index < -0.39 is 9.95 Å². The number of hydrogen-bond acceptors (Lipinski definition) is 4. The van der Waals surface area contributed by atoms with E-state index in [4.69, 9.17) is 39.5 Å². The van der Waals surface area contributed by atoms with Crippen LogP contribution in [0.4, 0.5) is 4.79 Å². The minimum Gasteiger partial charge on any atom is -0.433 e. The molecule has 0 amide bonds. The van der Waals surface area contributed by atoms with Gasteiger partial charge in [-0.05, 0) is 13.1 Å². The largest absolute Gasteiger partial charge is 0.508 e. The van der Waals surface area contributed by atoms with Crippen LogP contribution in [0.2, 0.25) is 0 Å². The van der Waals surface area contributed by atoms with Crippen molar-refractivity contribution in [2.24, 2.45) is 0 Å². The molecule has 0 atom stereocenters. The summed E-state index contributed by atoms with van der Waals surface area (Å²) in [5.74, 6) is 0. The molecular weight excluding hydrogens is 276 g/mol. The molecule has 16 heavy (non-hydrogen) atoms. The van der Waals surface area contributed by atoms with Crippen LogP contribution in [0.5, 0.6) is 0 Å². The lowest BCUT2D eigenvalue weighted by atomic mass is 10.5. The van der Waals surface area contributed by atoms with Gasteiger partial charge in [0.15, 0.2) is 0 Å². The fourth-order valence-corrected chi connectivity index (χ4v) is 1.14. The normalized spacial score (nSPS) is 11.6. The van der Waals surface area contributed by atoms with E-state index >= 15 is 0 Å². The number of ether oxygens (including phenoxy) is 2. The second-order valence-electron chi connectivity index (χ2n) is 3.03. The number of likely N-dealkylation sites (N-methyl/N-ethyl adjacent to an activating group) is 1. The quantitative estimate of drug-likeness (QED) is 0.557. The van der Waals surface area contributed by atoms with Crippen molar-refractivity contribution < 1.29 is 14.3 Å². The summed E-state index contributed by atoms with van der Waals surface area (Å²) in [5.41, 5.74) is 0. The van der Waals surface area contributed by atoms with Gasteiger partial charge in [0, 0.05) is 6.54 Å². The van der Waals surface area contributed by atoms with E-state index in [9.17, 15) is 4.79 Å². The van der Waals surface area contributed by atoms with Gasteiger partial charge in [-0.3, -0.25) is 0 Å². The molecule has 0 spiro atoms. The highest BCUT2D eigenvalue weighted by Crippen LogP contribution is 2.25. The third kappa shape index (κ3) is 9.33. The SMILES string of the molecule is CCN(CC)CCOC(=O)OCC(Cl)(Cl)Cl. The first-order valence-electron chi connectivity index (χ1n) is 4.97. The summed E-state index contributed by atoms with van der Waals surface area (Å²) in [6.45, 7) is 6.49. The van der Waals surface area contributed by atoms with Crippen LogP contribution < -0.4 is 0 Å². The van der Waals surface area contributed by atoms with Crippen LogP contribution in [-0.2, 0) is 9.47 Å². The maximum Gasteiger partial charge on any atom is 0.508 e. The molecule has 0 unspecified atom stereocenters. The molecule has 0 saturated heterocycles. The summed E-state index contributed by atoms with van der Waals surface area (Å²) in [6.07, 6.45) is -0.821. The molecule has 0 aromatic carbocycles. The van der Waals surface area contributed by atoms with E-state index in [0.717, 1.165) is 13.1 Å². The van der Waals surface area contributed by atoms with E-state index in [0.29, 0.717) is 6.54 Å². The van der Waals surface area contributed by atoms with Crippen LogP contribution >= 0.6 is 34.8 Å². The van der Waals surface area contributed by atoms with Gasteiger partial charge in [-0.2, -0.15) is 0 Å². The minimum absolute atomic E-state index is 0.264. The Kier molecular flexibility index (Phi) is 8.28. The molecule has 0 aliphatic rings. The lowest BCUT2D eigenvalue weighted by molar-refractivity contribution is 0.0499. The Balaban J connectivity index is 3.58. The van der Waals surface area contributed by atoms with Gasteiger partial charge in [-0.15, -0.1) is 0 Å². The van der Waals surface area contributed by atoms with Crippen LogP contribution in [0.3, 0.4) is 0 Å². The Morgan fingerprint density at radius 1 is 1.19 bits per heavy atom. The number of carbonyl (C=O) groups is 1. The van der Waals surface area contributed by atoms with E-state index in [2.05, 4.69) is 9.64 Å². The summed E-state index contributed by atoms with van der Waals surface area (Å²) in [6, 6.07) is 0. The maximum atomic E-state index is 11.0. The molecule has 0 N–H and O–H groups in total. The Morgan fingerprint density at radius 3 is 2.19 bits per heavy atom. The molecule has 96 valence electrons. The second-order valence-corrected chi connectivity index (χ2v) is 5.55. The maximum absolute atomic E-state index is 11.0. The Bertz CT molecular complexity index is 205. The van der Waals surface area contributed by atoms with Crippen molar-refractivity contribution in [2.75, 3.05) is 32.8 Å². The van der Waals surface area contributed by atoms with Crippen LogP contribution in [0.15, 0.2) is 0 Å². The zero-order valence-electron chi connectivity index (χ0n) is 9.34. The first-order valence-corrected chi connectivity index (χ1v) is 6.11. The van der Waals surface area contributed by atoms with Gasteiger partial charge in [0.1, 0.15) is 13.2 Å². The van der Waals surface area contributed by atoms with Crippen molar-refractivity contribution in [3.05, 3.63) is 0 Å². The first kappa shape index (κ1) is 16.1. The lowest BCUT2D eigenvalue weighted by Crippen LogP contribution is -2.28. The summed E-state index contributed by atoms with van der Waals surface area (Å²) >= 11 is 16.2. The lowest BCUT2D eigenvalue weighted by Gasteiger charge is -2.17. The van der Waals surface area contributed by atoms with Crippen LogP contribution in [-0.4, -0.2) is 47.7 Å². The van der Waals surface area contributed by atoms with E-state index in [1.807, 2.05) is 13.8 Å². The Labute approximate surface area is 111 Å². The Hall–Kier alpha value is 0.1000. The van der Waals surface area contributed by atoms with Gasteiger partial charge in [-0.25, -0.2) is 4.79 Å². The minimum atomic E-state index is -1.60.